The maximum Gasteiger partial charge on any atom is 0.198 e. The second-order valence-corrected chi connectivity index (χ2v) is 5.77. The number of phenols is 1. The van der Waals surface area contributed by atoms with Crippen molar-refractivity contribution < 1.29 is 5.11 Å². The van der Waals surface area contributed by atoms with Gasteiger partial charge in [-0.05, 0) is 48.6 Å². The van der Waals surface area contributed by atoms with E-state index in [2.05, 4.69) is 39.5 Å². The van der Waals surface area contributed by atoms with Gasteiger partial charge in [0.25, 0.3) is 0 Å². The summed E-state index contributed by atoms with van der Waals surface area (Å²) in [6.45, 7) is 1.86. The number of nitrogens with one attached hydrogen (secondary N) is 1. The molecule has 1 heterocycles. The van der Waals surface area contributed by atoms with E-state index in [1.807, 2.05) is 19.2 Å². The average Bonchev–Trinajstić information content (AvgIpc) is 3.01. The van der Waals surface area contributed by atoms with Crippen LogP contribution in [0.15, 0.2) is 53.5 Å². The first-order valence-corrected chi connectivity index (χ1v) is 8.12. The number of hydrogen-bond acceptors (Lipinski definition) is 2. The predicted molar refractivity (Wildman–Crippen MR) is 95.3 cm³/mol. The molecule has 3 rings (SSSR count). The van der Waals surface area contributed by atoms with Crippen LogP contribution in [-0.4, -0.2) is 31.2 Å². The van der Waals surface area contributed by atoms with Crippen LogP contribution in [0.5, 0.6) is 5.75 Å². The van der Waals surface area contributed by atoms with Gasteiger partial charge in [-0.1, -0.05) is 30.3 Å². The maximum absolute atomic E-state index is 9.30. The fraction of sp³-hybridized carbons (Fsp3) is 0.316. The summed E-state index contributed by atoms with van der Waals surface area (Å²) in [5, 5.41) is 12.8. The third kappa shape index (κ3) is 3.65. The molecular formula is C19H23N3O. The highest BCUT2D eigenvalue weighted by Crippen LogP contribution is 2.27. The van der Waals surface area contributed by atoms with Gasteiger partial charge in [0.05, 0.1) is 0 Å². The summed E-state index contributed by atoms with van der Waals surface area (Å²) >= 11 is 0. The number of fused-ring (bicyclic) bond motifs is 1. The molecule has 0 saturated carbocycles. The van der Waals surface area contributed by atoms with Crippen LogP contribution in [0.1, 0.15) is 17.5 Å². The summed E-state index contributed by atoms with van der Waals surface area (Å²) in [6, 6.07) is 15.9. The smallest absolute Gasteiger partial charge is 0.198 e. The van der Waals surface area contributed by atoms with Crippen LogP contribution in [0.2, 0.25) is 0 Å². The van der Waals surface area contributed by atoms with Crippen molar-refractivity contribution >= 4 is 11.6 Å². The molecule has 0 bridgehead atoms. The monoisotopic (exact) mass is 309 g/mol. The van der Waals surface area contributed by atoms with Gasteiger partial charge in [-0.3, -0.25) is 4.99 Å². The average molecular weight is 309 g/mol. The van der Waals surface area contributed by atoms with Crippen molar-refractivity contribution in [2.45, 2.75) is 19.3 Å². The van der Waals surface area contributed by atoms with Crippen LogP contribution in [0.4, 0.5) is 5.69 Å². The maximum atomic E-state index is 9.30. The molecule has 0 radical (unpaired) electrons. The predicted octanol–water partition coefficient (Wildman–Crippen LogP) is 2.96. The summed E-state index contributed by atoms with van der Waals surface area (Å²) in [6.07, 6.45) is 3.09. The van der Waals surface area contributed by atoms with Gasteiger partial charge in [-0.25, -0.2) is 0 Å². The van der Waals surface area contributed by atoms with Gasteiger partial charge in [0.1, 0.15) is 5.75 Å². The third-order valence-corrected chi connectivity index (χ3v) is 4.22. The molecular weight excluding hydrogens is 286 g/mol. The molecule has 120 valence electrons. The standard InChI is InChI=1S/C19H23N3O/c1-20-19(22-14-12-16-6-2-3-7-18(16)22)21-13-4-5-15-8-10-17(23)11-9-15/h2-3,6-11,23H,4-5,12-14H2,1H3,(H,20,21). The number of rotatable bonds is 4. The zero-order valence-corrected chi connectivity index (χ0v) is 13.5. The number of aryl methyl sites for hydroxylation is 1. The lowest BCUT2D eigenvalue weighted by atomic mass is 10.1. The normalized spacial score (nSPS) is 14.0. The number of aliphatic imine (C=N–C) groups is 1. The van der Waals surface area contributed by atoms with Crippen LogP contribution in [-0.2, 0) is 12.8 Å². The van der Waals surface area contributed by atoms with E-state index in [1.165, 1.54) is 16.8 Å². The summed E-state index contributed by atoms with van der Waals surface area (Å²) in [5.41, 5.74) is 3.89. The highest BCUT2D eigenvalue weighted by atomic mass is 16.3. The quantitative estimate of drug-likeness (QED) is 0.518. The van der Waals surface area contributed by atoms with Gasteiger partial charge < -0.3 is 15.3 Å². The van der Waals surface area contributed by atoms with E-state index in [0.717, 1.165) is 38.3 Å². The molecule has 0 atom stereocenters. The van der Waals surface area contributed by atoms with Gasteiger partial charge in [0.15, 0.2) is 5.96 Å². The number of aromatic hydroxyl groups is 1. The van der Waals surface area contributed by atoms with Crippen molar-refractivity contribution in [1.82, 2.24) is 5.32 Å². The van der Waals surface area contributed by atoms with Gasteiger partial charge in [-0.2, -0.15) is 0 Å². The lowest BCUT2D eigenvalue weighted by Crippen LogP contribution is -2.41. The highest BCUT2D eigenvalue weighted by Gasteiger charge is 2.21. The number of phenolic OH excluding ortho intramolecular Hbond substituents is 1. The minimum atomic E-state index is 0.319. The molecule has 0 spiro atoms. The first kappa shape index (κ1) is 15.4. The first-order valence-electron chi connectivity index (χ1n) is 8.12. The van der Waals surface area contributed by atoms with E-state index in [4.69, 9.17) is 0 Å². The first-order chi connectivity index (χ1) is 11.3. The van der Waals surface area contributed by atoms with E-state index >= 15 is 0 Å². The Labute approximate surface area is 137 Å². The molecule has 2 aromatic carbocycles. The Balaban J connectivity index is 1.52. The summed E-state index contributed by atoms with van der Waals surface area (Å²) in [5.74, 6) is 1.26. The molecule has 1 aliphatic heterocycles. The topological polar surface area (TPSA) is 47.9 Å². The fourth-order valence-corrected chi connectivity index (χ4v) is 3.01. The van der Waals surface area contributed by atoms with E-state index in [-0.39, 0.29) is 0 Å². The molecule has 0 saturated heterocycles. The molecule has 0 amide bonds. The van der Waals surface area contributed by atoms with Gasteiger partial charge in [-0.15, -0.1) is 0 Å². The zero-order valence-electron chi connectivity index (χ0n) is 13.5. The molecule has 4 heteroatoms. The van der Waals surface area contributed by atoms with Crippen LogP contribution in [0.25, 0.3) is 0 Å². The molecule has 0 fully saturated rings. The Morgan fingerprint density at radius 1 is 1.17 bits per heavy atom. The number of para-hydroxylation sites is 1. The number of benzene rings is 2. The molecule has 1 aliphatic rings. The van der Waals surface area contributed by atoms with Crippen molar-refractivity contribution in [3.05, 3.63) is 59.7 Å². The molecule has 0 unspecified atom stereocenters. The zero-order chi connectivity index (χ0) is 16.1. The Morgan fingerprint density at radius 3 is 2.74 bits per heavy atom. The van der Waals surface area contributed by atoms with Crippen molar-refractivity contribution in [1.29, 1.82) is 0 Å². The number of guanidine groups is 1. The fourth-order valence-electron chi connectivity index (χ4n) is 3.01. The summed E-state index contributed by atoms with van der Waals surface area (Å²) in [4.78, 5) is 6.68. The highest BCUT2D eigenvalue weighted by molar-refractivity contribution is 5.97. The molecule has 4 nitrogen and oxygen atoms in total. The molecule has 23 heavy (non-hydrogen) atoms. The van der Waals surface area contributed by atoms with E-state index in [9.17, 15) is 5.11 Å². The van der Waals surface area contributed by atoms with Gasteiger partial charge in [0, 0.05) is 25.8 Å². The lowest BCUT2D eigenvalue weighted by Gasteiger charge is -2.22. The minimum Gasteiger partial charge on any atom is -0.508 e. The second kappa shape index (κ2) is 7.18. The molecule has 2 N–H and O–H groups in total. The van der Waals surface area contributed by atoms with Crippen LogP contribution in [0, 0.1) is 0 Å². The van der Waals surface area contributed by atoms with E-state index in [1.54, 1.807) is 12.1 Å². The van der Waals surface area contributed by atoms with Crippen molar-refractivity contribution in [2.24, 2.45) is 4.99 Å². The second-order valence-electron chi connectivity index (χ2n) is 5.77. The SMILES string of the molecule is CN=C(NCCCc1ccc(O)cc1)N1CCc2ccccc21. The number of hydrogen-bond donors (Lipinski definition) is 2. The summed E-state index contributed by atoms with van der Waals surface area (Å²) < 4.78 is 0. The Morgan fingerprint density at radius 2 is 1.96 bits per heavy atom. The van der Waals surface area contributed by atoms with Crippen LogP contribution < -0.4 is 10.2 Å². The number of nitrogens with zero attached hydrogens (tertiary/aromatic N) is 2. The Kier molecular flexibility index (Phi) is 4.81. The van der Waals surface area contributed by atoms with Crippen LogP contribution >= 0.6 is 0 Å². The Hall–Kier alpha value is -2.49. The number of anilines is 1. The van der Waals surface area contributed by atoms with Gasteiger partial charge >= 0.3 is 0 Å². The van der Waals surface area contributed by atoms with Crippen molar-refractivity contribution in [3.63, 3.8) is 0 Å². The van der Waals surface area contributed by atoms with E-state index in [0.29, 0.717) is 5.75 Å². The molecule has 0 aromatic heterocycles. The molecule has 2 aromatic rings. The van der Waals surface area contributed by atoms with Crippen LogP contribution in [0.3, 0.4) is 0 Å². The largest absolute Gasteiger partial charge is 0.508 e. The lowest BCUT2D eigenvalue weighted by molar-refractivity contribution is 0.475. The summed E-state index contributed by atoms with van der Waals surface area (Å²) in [7, 11) is 1.84. The van der Waals surface area contributed by atoms with E-state index < -0.39 is 0 Å². The van der Waals surface area contributed by atoms with Crippen molar-refractivity contribution in [3.8, 4) is 5.75 Å². The van der Waals surface area contributed by atoms with Gasteiger partial charge in [0.2, 0.25) is 0 Å². The van der Waals surface area contributed by atoms with Crippen molar-refractivity contribution in [2.75, 3.05) is 25.0 Å². The molecule has 0 aliphatic carbocycles. The minimum absolute atomic E-state index is 0.319. The Bertz CT molecular complexity index is 679. The third-order valence-electron chi connectivity index (χ3n) is 4.22.